The Kier molecular flexibility index (Phi) is 3.71. The fourth-order valence-corrected chi connectivity index (χ4v) is 3.39. The van der Waals surface area contributed by atoms with E-state index in [1.807, 2.05) is 24.3 Å². The van der Waals surface area contributed by atoms with Crippen LogP contribution in [0.1, 0.15) is 12.8 Å². The number of fused-ring (bicyclic) bond motifs is 3. The monoisotopic (exact) mass is 310 g/mol. The average molecular weight is 311 g/mol. The summed E-state index contributed by atoms with van der Waals surface area (Å²) in [7, 11) is 0. The van der Waals surface area contributed by atoms with Crippen LogP contribution in [0.3, 0.4) is 0 Å². The number of rotatable bonds is 1. The molecule has 1 aromatic carbocycles. The number of nitrogens with zero attached hydrogens (tertiary/aromatic N) is 3. The first-order chi connectivity index (χ1) is 9.29. The second-order valence-corrected chi connectivity index (χ2v) is 5.73. The summed E-state index contributed by atoms with van der Waals surface area (Å²) in [6.07, 6.45) is 2.50. The van der Waals surface area contributed by atoms with E-state index in [0.29, 0.717) is 17.2 Å². The maximum atomic E-state index is 6.32. The van der Waals surface area contributed by atoms with Crippen LogP contribution in [0.4, 0.5) is 5.82 Å². The third-order valence-electron chi connectivity index (χ3n) is 4.03. The lowest BCUT2D eigenvalue weighted by molar-refractivity contribution is 0.463. The first kappa shape index (κ1) is 13.9. The number of hydrogen-bond donors (Lipinski definition) is 1. The van der Waals surface area contributed by atoms with E-state index in [2.05, 4.69) is 15.2 Å². The quantitative estimate of drug-likeness (QED) is 0.879. The summed E-state index contributed by atoms with van der Waals surface area (Å²) < 4.78 is 0. The zero-order valence-corrected chi connectivity index (χ0v) is 12.5. The SMILES string of the molecule is Cl.Clc1nc2ccccc2nc1N1CC2CCC(C1)N2. The molecule has 0 saturated carbocycles. The van der Waals surface area contributed by atoms with E-state index in [0.717, 1.165) is 29.9 Å². The molecule has 2 atom stereocenters. The van der Waals surface area contributed by atoms with Crippen LogP contribution in [0, 0.1) is 0 Å². The molecule has 4 nitrogen and oxygen atoms in total. The number of piperazine rings is 1. The van der Waals surface area contributed by atoms with Gasteiger partial charge in [0.05, 0.1) is 11.0 Å². The second kappa shape index (κ2) is 5.35. The number of hydrogen-bond acceptors (Lipinski definition) is 4. The van der Waals surface area contributed by atoms with Crippen molar-refractivity contribution in [3.63, 3.8) is 0 Å². The highest BCUT2D eigenvalue weighted by atomic mass is 35.5. The predicted molar refractivity (Wildman–Crippen MR) is 84.0 cm³/mol. The van der Waals surface area contributed by atoms with Gasteiger partial charge in [0.2, 0.25) is 0 Å². The van der Waals surface area contributed by atoms with E-state index in [1.54, 1.807) is 0 Å². The lowest BCUT2D eigenvalue weighted by Crippen LogP contribution is -2.51. The molecule has 1 N–H and O–H groups in total. The number of nitrogens with one attached hydrogen (secondary N) is 1. The smallest absolute Gasteiger partial charge is 0.172 e. The maximum absolute atomic E-state index is 6.32. The van der Waals surface area contributed by atoms with E-state index in [-0.39, 0.29) is 12.4 Å². The summed E-state index contributed by atoms with van der Waals surface area (Å²) in [6, 6.07) is 9.01. The molecule has 2 saturated heterocycles. The molecule has 6 heteroatoms. The molecule has 4 rings (SSSR count). The Bertz CT molecular complexity index is 622. The third-order valence-corrected chi connectivity index (χ3v) is 4.28. The molecule has 1 aromatic heterocycles. The van der Waals surface area contributed by atoms with Crippen molar-refractivity contribution in [2.75, 3.05) is 18.0 Å². The summed E-state index contributed by atoms with van der Waals surface area (Å²) in [6.45, 7) is 1.95. The minimum absolute atomic E-state index is 0. The molecule has 2 aliphatic rings. The fourth-order valence-electron chi connectivity index (χ4n) is 3.14. The van der Waals surface area contributed by atoms with Gasteiger partial charge >= 0.3 is 0 Å². The average Bonchev–Trinajstić information content (AvgIpc) is 2.76. The molecule has 0 spiro atoms. The van der Waals surface area contributed by atoms with Crippen molar-refractivity contribution in [2.24, 2.45) is 0 Å². The molecule has 2 aliphatic heterocycles. The lowest BCUT2D eigenvalue weighted by Gasteiger charge is -2.33. The first-order valence-electron chi connectivity index (χ1n) is 6.73. The molecule has 0 amide bonds. The van der Waals surface area contributed by atoms with Crippen LogP contribution < -0.4 is 10.2 Å². The van der Waals surface area contributed by atoms with E-state index in [4.69, 9.17) is 16.6 Å². The van der Waals surface area contributed by atoms with Crippen molar-refractivity contribution >= 4 is 40.9 Å². The van der Waals surface area contributed by atoms with Crippen LogP contribution in [-0.2, 0) is 0 Å². The summed E-state index contributed by atoms with van der Waals surface area (Å²) in [5.41, 5.74) is 1.77. The van der Waals surface area contributed by atoms with Gasteiger partial charge in [-0.1, -0.05) is 23.7 Å². The Balaban J connectivity index is 0.00000121. The third kappa shape index (κ3) is 2.32. The van der Waals surface area contributed by atoms with Gasteiger partial charge in [-0.05, 0) is 25.0 Å². The molecule has 2 fully saturated rings. The number of anilines is 1. The highest BCUT2D eigenvalue weighted by molar-refractivity contribution is 6.32. The molecule has 3 heterocycles. The van der Waals surface area contributed by atoms with Crippen LogP contribution in [0.15, 0.2) is 24.3 Å². The summed E-state index contributed by atoms with van der Waals surface area (Å²) in [5, 5.41) is 4.13. The molecule has 0 aliphatic carbocycles. The Morgan fingerprint density at radius 3 is 2.30 bits per heavy atom. The van der Waals surface area contributed by atoms with Gasteiger partial charge in [0.25, 0.3) is 0 Å². The number of halogens is 2. The lowest BCUT2D eigenvalue weighted by atomic mass is 10.2. The molecule has 2 unspecified atom stereocenters. The topological polar surface area (TPSA) is 41.1 Å². The number of benzene rings is 1. The van der Waals surface area contributed by atoms with Crippen molar-refractivity contribution in [3.8, 4) is 0 Å². The number of para-hydroxylation sites is 2. The highest BCUT2D eigenvalue weighted by Crippen LogP contribution is 2.29. The van der Waals surface area contributed by atoms with E-state index in [1.165, 1.54) is 12.8 Å². The summed E-state index contributed by atoms with van der Waals surface area (Å²) >= 11 is 6.32. The van der Waals surface area contributed by atoms with Gasteiger partial charge in [-0.25, -0.2) is 9.97 Å². The van der Waals surface area contributed by atoms with Crippen molar-refractivity contribution in [3.05, 3.63) is 29.4 Å². The van der Waals surface area contributed by atoms with Gasteiger partial charge in [-0.2, -0.15) is 0 Å². The molecule has 0 radical (unpaired) electrons. The van der Waals surface area contributed by atoms with Gasteiger partial charge in [-0.15, -0.1) is 12.4 Å². The zero-order chi connectivity index (χ0) is 12.8. The molecule has 106 valence electrons. The van der Waals surface area contributed by atoms with Gasteiger partial charge in [0.1, 0.15) is 0 Å². The van der Waals surface area contributed by atoms with Gasteiger partial charge in [0, 0.05) is 25.2 Å². The second-order valence-electron chi connectivity index (χ2n) is 5.37. The molecule has 2 aromatic rings. The van der Waals surface area contributed by atoms with E-state index < -0.39 is 0 Å². The molecule has 2 bridgehead atoms. The van der Waals surface area contributed by atoms with Gasteiger partial charge in [-0.3, -0.25) is 0 Å². The minimum Gasteiger partial charge on any atom is -0.351 e. The predicted octanol–water partition coefficient (Wildman–Crippen LogP) is 2.65. The van der Waals surface area contributed by atoms with Crippen LogP contribution >= 0.6 is 24.0 Å². The fraction of sp³-hybridized carbons (Fsp3) is 0.429. The van der Waals surface area contributed by atoms with Crippen molar-refractivity contribution < 1.29 is 0 Å². The molecular formula is C14H16Cl2N4. The van der Waals surface area contributed by atoms with E-state index >= 15 is 0 Å². The van der Waals surface area contributed by atoms with E-state index in [9.17, 15) is 0 Å². The zero-order valence-electron chi connectivity index (χ0n) is 10.9. The van der Waals surface area contributed by atoms with Gasteiger partial charge in [0.15, 0.2) is 11.0 Å². The Labute approximate surface area is 128 Å². The Hall–Kier alpha value is -1.10. The van der Waals surface area contributed by atoms with Gasteiger partial charge < -0.3 is 10.2 Å². The Morgan fingerprint density at radius 2 is 1.65 bits per heavy atom. The van der Waals surface area contributed by atoms with Crippen LogP contribution in [0.2, 0.25) is 5.15 Å². The molecule has 20 heavy (non-hydrogen) atoms. The highest BCUT2D eigenvalue weighted by Gasteiger charge is 2.33. The van der Waals surface area contributed by atoms with Crippen LogP contribution in [-0.4, -0.2) is 35.1 Å². The summed E-state index contributed by atoms with van der Waals surface area (Å²) in [4.78, 5) is 11.4. The Morgan fingerprint density at radius 1 is 1.05 bits per heavy atom. The molecular weight excluding hydrogens is 295 g/mol. The minimum atomic E-state index is 0. The largest absolute Gasteiger partial charge is 0.351 e. The van der Waals surface area contributed by atoms with Crippen molar-refractivity contribution in [1.82, 2.24) is 15.3 Å². The summed E-state index contributed by atoms with van der Waals surface area (Å²) in [5.74, 6) is 0.832. The first-order valence-corrected chi connectivity index (χ1v) is 7.11. The van der Waals surface area contributed by atoms with Crippen molar-refractivity contribution in [2.45, 2.75) is 24.9 Å². The normalized spacial score (nSPS) is 24.8. The number of aromatic nitrogens is 2. The van der Waals surface area contributed by atoms with Crippen LogP contribution in [0.5, 0.6) is 0 Å². The standard InChI is InChI=1S/C14H15ClN4.ClH/c15-13-14(18-12-4-2-1-3-11(12)17-13)19-7-9-5-6-10(8-19)16-9;/h1-4,9-10,16H,5-8H2;1H. The maximum Gasteiger partial charge on any atom is 0.172 e. The van der Waals surface area contributed by atoms with Crippen molar-refractivity contribution in [1.29, 1.82) is 0 Å². The van der Waals surface area contributed by atoms with Crippen LogP contribution in [0.25, 0.3) is 11.0 Å².